The van der Waals surface area contributed by atoms with Gasteiger partial charge < -0.3 is 10.6 Å². The molecule has 0 amide bonds. The predicted molar refractivity (Wildman–Crippen MR) is 85.3 cm³/mol. The molecule has 2 rings (SSSR count). The first-order valence-corrected chi connectivity index (χ1v) is 7.14. The summed E-state index contributed by atoms with van der Waals surface area (Å²) in [5, 5.41) is 0. The van der Waals surface area contributed by atoms with Gasteiger partial charge in [0.25, 0.3) is 0 Å². The number of hydrogen-bond acceptors (Lipinski definition) is 2. The zero-order chi connectivity index (χ0) is 13.8. The van der Waals surface area contributed by atoms with Crippen LogP contribution in [0.25, 0.3) is 0 Å². The molecule has 2 N–H and O–H groups in total. The van der Waals surface area contributed by atoms with Gasteiger partial charge in [0.2, 0.25) is 0 Å². The molecular formula is C16H19BrN2. The number of halogens is 1. The second-order valence-corrected chi connectivity index (χ2v) is 5.74. The number of hydrogen-bond donors (Lipinski definition) is 1. The Morgan fingerprint density at radius 1 is 1.16 bits per heavy atom. The van der Waals surface area contributed by atoms with Gasteiger partial charge in [-0.3, -0.25) is 0 Å². The number of anilines is 1. The zero-order valence-electron chi connectivity index (χ0n) is 11.4. The lowest BCUT2D eigenvalue weighted by Crippen LogP contribution is -2.19. The van der Waals surface area contributed by atoms with E-state index in [0.717, 1.165) is 11.0 Å². The van der Waals surface area contributed by atoms with Crippen molar-refractivity contribution in [2.75, 3.05) is 11.9 Å². The average molecular weight is 319 g/mol. The molecule has 0 radical (unpaired) electrons. The monoisotopic (exact) mass is 318 g/mol. The van der Waals surface area contributed by atoms with Crippen molar-refractivity contribution in [3.63, 3.8) is 0 Å². The Hall–Kier alpha value is -1.32. The minimum atomic E-state index is 0.568. The maximum absolute atomic E-state index is 5.82. The lowest BCUT2D eigenvalue weighted by atomic mass is 10.1. The summed E-state index contributed by atoms with van der Waals surface area (Å²) in [5.41, 5.74) is 10.8. The third-order valence-corrected chi connectivity index (χ3v) is 3.67. The summed E-state index contributed by atoms with van der Waals surface area (Å²) in [6.45, 7) is 3.55. The number of nitrogens with two attached hydrogens (primary N) is 1. The third kappa shape index (κ3) is 3.58. The summed E-state index contributed by atoms with van der Waals surface area (Å²) in [7, 11) is 2.11. The lowest BCUT2D eigenvalue weighted by molar-refractivity contribution is 0.902. The Balaban J connectivity index is 2.24. The van der Waals surface area contributed by atoms with Crippen molar-refractivity contribution in [2.45, 2.75) is 20.0 Å². The SMILES string of the molecule is Cc1ccc(CN)c(N(C)Cc2cccc(Br)c2)c1. The van der Waals surface area contributed by atoms with E-state index in [1.807, 2.05) is 6.07 Å². The summed E-state index contributed by atoms with van der Waals surface area (Å²) >= 11 is 3.51. The zero-order valence-corrected chi connectivity index (χ0v) is 12.9. The van der Waals surface area contributed by atoms with E-state index in [2.05, 4.69) is 71.2 Å². The van der Waals surface area contributed by atoms with E-state index in [9.17, 15) is 0 Å². The fourth-order valence-corrected chi connectivity index (χ4v) is 2.64. The van der Waals surface area contributed by atoms with Crippen LogP contribution >= 0.6 is 15.9 Å². The molecule has 2 nitrogen and oxygen atoms in total. The minimum Gasteiger partial charge on any atom is -0.370 e. The van der Waals surface area contributed by atoms with Gasteiger partial charge in [0.05, 0.1) is 0 Å². The highest BCUT2D eigenvalue weighted by Gasteiger charge is 2.07. The Bertz CT molecular complexity index is 566. The number of benzene rings is 2. The first-order valence-electron chi connectivity index (χ1n) is 6.35. The second-order valence-electron chi connectivity index (χ2n) is 4.82. The molecular weight excluding hydrogens is 300 g/mol. The van der Waals surface area contributed by atoms with Crippen LogP contribution in [0.2, 0.25) is 0 Å². The van der Waals surface area contributed by atoms with Crippen molar-refractivity contribution in [3.8, 4) is 0 Å². The first kappa shape index (κ1) is 14.1. The maximum Gasteiger partial charge on any atom is 0.0426 e. The fraction of sp³-hybridized carbons (Fsp3) is 0.250. The van der Waals surface area contributed by atoms with Crippen LogP contribution in [0.15, 0.2) is 46.9 Å². The molecule has 0 unspecified atom stereocenters. The van der Waals surface area contributed by atoms with Gasteiger partial charge in [-0.05, 0) is 41.8 Å². The van der Waals surface area contributed by atoms with Gasteiger partial charge in [-0.25, -0.2) is 0 Å². The number of aryl methyl sites for hydroxylation is 1. The number of nitrogens with zero attached hydrogens (tertiary/aromatic N) is 1. The van der Waals surface area contributed by atoms with Crippen LogP contribution in [0.5, 0.6) is 0 Å². The van der Waals surface area contributed by atoms with Gasteiger partial charge in [0.15, 0.2) is 0 Å². The molecule has 0 atom stereocenters. The summed E-state index contributed by atoms with van der Waals surface area (Å²) in [5.74, 6) is 0. The molecule has 100 valence electrons. The topological polar surface area (TPSA) is 29.3 Å². The number of rotatable bonds is 4. The second kappa shape index (κ2) is 6.22. The summed E-state index contributed by atoms with van der Waals surface area (Å²) in [6.07, 6.45) is 0. The van der Waals surface area contributed by atoms with Gasteiger partial charge in [0, 0.05) is 30.3 Å². The highest BCUT2D eigenvalue weighted by atomic mass is 79.9. The standard InChI is InChI=1S/C16H19BrN2/c1-12-6-7-14(10-18)16(8-12)19(2)11-13-4-3-5-15(17)9-13/h3-9H,10-11,18H2,1-2H3. The smallest absolute Gasteiger partial charge is 0.0426 e. The van der Waals surface area contributed by atoms with Crippen LogP contribution in [0.3, 0.4) is 0 Å². The molecule has 0 aliphatic carbocycles. The van der Waals surface area contributed by atoms with Crippen molar-refractivity contribution in [2.24, 2.45) is 5.73 Å². The molecule has 0 fully saturated rings. The highest BCUT2D eigenvalue weighted by Crippen LogP contribution is 2.23. The lowest BCUT2D eigenvalue weighted by Gasteiger charge is -2.23. The van der Waals surface area contributed by atoms with E-state index < -0.39 is 0 Å². The van der Waals surface area contributed by atoms with E-state index in [1.165, 1.54) is 22.4 Å². The fourth-order valence-electron chi connectivity index (χ4n) is 2.20. The van der Waals surface area contributed by atoms with E-state index in [1.54, 1.807) is 0 Å². The summed E-state index contributed by atoms with van der Waals surface area (Å²) in [4.78, 5) is 2.25. The molecule has 0 bridgehead atoms. The molecule has 0 aromatic heterocycles. The quantitative estimate of drug-likeness (QED) is 0.927. The largest absolute Gasteiger partial charge is 0.370 e. The maximum atomic E-state index is 5.82. The Morgan fingerprint density at radius 2 is 1.95 bits per heavy atom. The van der Waals surface area contributed by atoms with E-state index in [-0.39, 0.29) is 0 Å². The summed E-state index contributed by atoms with van der Waals surface area (Å²) < 4.78 is 1.11. The van der Waals surface area contributed by atoms with Gasteiger partial charge >= 0.3 is 0 Å². The molecule has 0 spiro atoms. The molecule has 3 heteroatoms. The molecule has 0 aliphatic heterocycles. The molecule has 0 saturated heterocycles. The van der Waals surface area contributed by atoms with Crippen molar-refractivity contribution in [3.05, 3.63) is 63.6 Å². The highest BCUT2D eigenvalue weighted by molar-refractivity contribution is 9.10. The Labute approximate surface area is 123 Å². The van der Waals surface area contributed by atoms with E-state index in [0.29, 0.717) is 6.54 Å². The van der Waals surface area contributed by atoms with Crippen molar-refractivity contribution >= 4 is 21.6 Å². The Kier molecular flexibility index (Phi) is 4.61. The van der Waals surface area contributed by atoms with Crippen LogP contribution in [0.1, 0.15) is 16.7 Å². The molecule has 0 aliphatic rings. The van der Waals surface area contributed by atoms with Crippen LogP contribution in [-0.4, -0.2) is 7.05 Å². The molecule has 19 heavy (non-hydrogen) atoms. The normalized spacial score (nSPS) is 10.5. The van der Waals surface area contributed by atoms with Crippen LogP contribution in [0, 0.1) is 6.92 Å². The summed E-state index contributed by atoms with van der Waals surface area (Å²) in [6, 6.07) is 14.8. The van der Waals surface area contributed by atoms with Crippen LogP contribution in [0.4, 0.5) is 5.69 Å². The van der Waals surface area contributed by atoms with Gasteiger partial charge in [0.1, 0.15) is 0 Å². The van der Waals surface area contributed by atoms with E-state index >= 15 is 0 Å². The molecule has 2 aromatic carbocycles. The molecule has 0 saturated carbocycles. The van der Waals surface area contributed by atoms with Crippen LogP contribution in [-0.2, 0) is 13.1 Å². The van der Waals surface area contributed by atoms with Crippen molar-refractivity contribution < 1.29 is 0 Å². The van der Waals surface area contributed by atoms with E-state index in [4.69, 9.17) is 5.73 Å². The van der Waals surface area contributed by atoms with Gasteiger partial charge in [-0.2, -0.15) is 0 Å². The van der Waals surface area contributed by atoms with Crippen molar-refractivity contribution in [1.29, 1.82) is 0 Å². The first-order chi connectivity index (χ1) is 9.10. The minimum absolute atomic E-state index is 0.568. The Morgan fingerprint density at radius 3 is 2.63 bits per heavy atom. The third-order valence-electron chi connectivity index (χ3n) is 3.18. The average Bonchev–Trinajstić information content (AvgIpc) is 2.38. The van der Waals surface area contributed by atoms with Gasteiger partial charge in [-0.15, -0.1) is 0 Å². The van der Waals surface area contributed by atoms with Gasteiger partial charge in [-0.1, -0.05) is 40.2 Å². The van der Waals surface area contributed by atoms with Crippen molar-refractivity contribution in [1.82, 2.24) is 0 Å². The van der Waals surface area contributed by atoms with Crippen LogP contribution < -0.4 is 10.6 Å². The molecule has 0 heterocycles. The molecule has 2 aromatic rings. The predicted octanol–water partition coefficient (Wildman–Crippen LogP) is 3.85.